The molecular weight excluding hydrogens is 214 g/mol. The molecule has 0 aliphatic carbocycles. The minimum atomic E-state index is -1.29. The molecule has 1 heterocycles. The Morgan fingerprint density at radius 3 is 2.31 bits per heavy atom. The van der Waals surface area contributed by atoms with Gasteiger partial charge >= 0.3 is 0 Å². The molecule has 0 atom stereocenters. The first-order chi connectivity index (χ1) is 7.59. The van der Waals surface area contributed by atoms with Crippen molar-refractivity contribution in [2.75, 3.05) is 0 Å². The van der Waals surface area contributed by atoms with Gasteiger partial charge in [-0.2, -0.15) is 4.39 Å². The van der Waals surface area contributed by atoms with Crippen LogP contribution >= 0.6 is 0 Å². The lowest BCUT2D eigenvalue weighted by Gasteiger charge is -2.03. The van der Waals surface area contributed by atoms with Crippen LogP contribution in [0.2, 0.25) is 0 Å². The largest absolute Gasteiger partial charge is 0.505 e. The molecule has 1 N–H and O–H groups in total. The van der Waals surface area contributed by atoms with Crippen molar-refractivity contribution in [3.8, 4) is 17.1 Å². The molecule has 2 rings (SSSR count). The molecule has 2 aromatic rings. The lowest BCUT2D eigenvalue weighted by atomic mass is 10.1. The van der Waals surface area contributed by atoms with Crippen molar-refractivity contribution in [1.82, 2.24) is 9.97 Å². The quantitative estimate of drug-likeness (QED) is 0.806. The molecule has 0 saturated carbocycles. The topological polar surface area (TPSA) is 46.0 Å². The summed E-state index contributed by atoms with van der Waals surface area (Å²) in [5.74, 6) is -3.08. The lowest BCUT2D eigenvalue weighted by molar-refractivity contribution is 0.408. The second kappa shape index (κ2) is 3.84. The standard InChI is InChI=1S/C11H8F2N2O/c1-6-4-14-11(15-5-6)7-2-3-8(16)10(13)9(7)12/h2-5,16H,1H3. The first-order valence-electron chi connectivity index (χ1n) is 4.55. The molecule has 1 aromatic carbocycles. The second-order valence-electron chi connectivity index (χ2n) is 3.34. The summed E-state index contributed by atoms with van der Waals surface area (Å²) >= 11 is 0. The first kappa shape index (κ1) is 10.5. The molecule has 0 aliphatic rings. The highest BCUT2D eigenvalue weighted by Crippen LogP contribution is 2.26. The van der Waals surface area contributed by atoms with Crippen molar-refractivity contribution in [1.29, 1.82) is 0 Å². The van der Waals surface area contributed by atoms with Crippen molar-refractivity contribution >= 4 is 0 Å². The number of benzene rings is 1. The summed E-state index contributed by atoms with van der Waals surface area (Å²) in [5.41, 5.74) is 0.749. The molecule has 3 nitrogen and oxygen atoms in total. The van der Waals surface area contributed by atoms with E-state index < -0.39 is 17.4 Å². The lowest BCUT2D eigenvalue weighted by Crippen LogP contribution is -1.95. The van der Waals surface area contributed by atoms with Crippen LogP contribution in [0.15, 0.2) is 24.5 Å². The van der Waals surface area contributed by atoms with Crippen molar-refractivity contribution in [3.05, 3.63) is 41.7 Å². The van der Waals surface area contributed by atoms with E-state index in [1.54, 1.807) is 6.92 Å². The Balaban J connectivity index is 2.57. The zero-order valence-corrected chi connectivity index (χ0v) is 8.41. The van der Waals surface area contributed by atoms with Crippen LogP contribution in [0.25, 0.3) is 11.4 Å². The van der Waals surface area contributed by atoms with Crippen LogP contribution in [0.4, 0.5) is 8.78 Å². The Labute approximate surface area is 90.4 Å². The van der Waals surface area contributed by atoms with Gasteiger partial charge in [0, 0.05) is 12.4 Å². The molecular formula is C11H8F2N2O. The number of hydrogen-bond acceptors (Lipinski definition) is 3. The molecule has 0 fully saturated rings. The molecule has 82 valence electrons. The zero-order valence-electron chi connectivity index (χ0n) is 8.41. The van der Waals surface area contributed by atoms with Crippen molar-refractivity contribution in [2.45, 2.75) is 6.92 Å². The van der Waals surface area contributed by atoms with E-state index in [0.29, 0.717) is 0 Å². The predicted octanol–water partition coefficient (Wildman–Crippen LogP) is 2.44. The van der Waals surface area contributed by atoms with Crippen LogP contribution < -0.4 is 0 Å². The summed E-state index contributed by atoms with van der Waals surface area (Å²) in [6.07, 6.45) is 3.01. The van der Waals surface area contributed by atoms with Gasteiger partial charge < -0.3 is 5.11 Å². The number of aromatic nitrogens is 2. The van der Waals surface area contributed by atoms with Crippen LogP contribution in [0.3, 0.4) is 0 Å². The van der Waals surface area contributed by atoms with Crippen LogP contribution in [0.5, 0.6) is 5.75 Å². The molecule has 16 heavy (non-hydrogen) atoms. The van der Waals surface area contributed by atoms with Crippen molar-refractivity contribution in [2.24, 2.45) is 0 Å². The Morgan fingerprint density at radius 1 is 1.06 bits per heavy atom. The molecule has 0 unspecified atom stereocenters. The van der Waals surface area contributed by atoms with E-state index >= 15 is 0 Å². The number of phenols is 1. The van der Waals surface area contributed by atoms with Gasteiger partial charge in [-0.1, -0.05) is 0 Å². The minimum Gasteiger partial charge on any atom is -0.505 e. The number of halogens is 2. The smallest absolute Gasteiger partial charge is 0.201 e. The number of aromatic hydroxyl groups is 1. The fourth-order valence-corrected chi connectivity index (χ4v) is 1.24. The Hall–Kier alpha value is -2.04. The van der Waals surface area contributed by atoms with Crippen molar-refractivity contribution < 1.29 is 13.9 Å². The van der Waals surface area contributed by atoms with Gasteiger partial charge in [0.25, 0.3) is 0 Å². The summed E-state index contributed by atoms with van der Waals surface area (Å²) in [6.45, 7) is 1.79. The van der Waals surface area contributed by atoms with E-state index in [2.05, 4.69) is 9.97 Å². The summed E-state index contributed by atoms with van der Waals surface area (Å²) in [4.78, 5) is 7.76. The van der Waals surface area contributed by atoms with Crippen LogP contribution in [-0.2, 0) is 0 Å². The highest BCUT2D eigenvalue weighted by Gasteiger charge is 2.15. The van der Waals surface area contributed by atoms with Gasteiger partial charge in [0.1, 0.15) is 0 Å². The summed E-state index contributed by atoms with van der Waals surface area (Å²) in [7, 11) is 0. The van der Waals surface area contributed by atoms with Crippen LogP contribution in [0, 0.1) is 18.6 Å². The third-order valence-electron chi connectivity index (χ3n) is 2.08. The predicted molar refractivity (Wildman–Crippen MR) is 53.8 cm³/mol. The average Bonchev–Trinajstić information content (AvgIpc) is 2.28. The number of phenolic OH excluding ortho intramolecular Hbond substituents is 1. The molecule has 0 radical (unpaired) electrons. The highest BCUT2D eigenvalue weighted by molar-refractivity contribution is 5.57. The van der Waals surface area contributed by atoms with E-state index in [9.17, 15) is 8.78 Å². The van der Waals surface area contributed by atoms with Gasteiger partial charge in [0.2, 0.25) is 5.82 Å². The number of rotatable bonds is 1. The van der Waals surface area contributed by atoms with E-state index in [1.165, 1.54) is 18.5 Å². The summed E-state index contributed by atoms with van der Waals surface area (Å²) in [5, 5.41) is 8.96. The second-order valence-corrected chi connectivity index (χ2v) is 3.34. The monoisotopic (exact) mass is 222 g/mol. The molecule has 1 aromatic heterocycles. The van der Waals surface area contributed by atoms with Crippen LogP contribution in [0.1, 0.15) is 5.56 Å². The van der Waals surface area contributed by atoms with E-state index in [1.807, 2.05) is 0 Å². The summed E-state index contributed by atoms with van der Waals surface area (Å²) in [6, 6.07) is 2.30. The third-order valence-corrected chi connectivity index (χ3v) is 2.08. The van der Waals surface area contributed by atoms with Crippen LogP contribution in [-0.4, -0.2) is 15.1 Å². The maximum absolute atomic E-state index is 13.4. The minimum absolute atomic E-state index is 0.0738. The van der Waals surface area contributed by atoms with Crippen molar-refractivity contribution in [3.63, 3.8) is 0 Å². The number of hydrogen-bond donors (Lipinski definition) is 1. The van der Waals surface area contributed by atoms with Gasteiger partial charge in [-0.25, -0.2) is 14.4 Å². The Kier molecular flexibility index (Phi) is 2.52. The van der Waals surface area contributed by atoms with E-state index in [0.717, 1.165) is 11.6 Å². The Bertz CT molecular complexity index is 526. The number of aryl methyl sites for hydroxylation is 1. The maximum Gasteiger partial charge on any atom is 0.201 e. The third kappa shape index (κ3) is 1.71. The first-order valence-corrected chi connectivity index (χ1v) is 4.55. The molecule has 0 aliphatic heterocycles. The van der Waals surface area contributed by atoms with E-state index in [-0.39, 0.29) is 11.4 Å². The SMILES string of the molecule is Cc1cnc(-c2ccc(O)c(F)c2F)nc1. The van der Waals surface area contributed by atoms with E-state index in [4.69, 9.17) is 5.11 Å². The summed E-state index contributed by atoms with van der Waals surface area (Å²) < 4.78 is 26.5. The molecule has 0 spiro atoms. The molecule has 0 bridgehead atoms. The normalized spacial score (nSPS) is 10.4. The molecule has 5 heteroatoms. The van der Waals surface area contributed by atoms with Gasteiger partial charge in [0.05, 0.1) is 5.56 Å². The zero-order chi connectivity index (χ0) is 11.7. The Morgan fingerprint density at radius 2 is 1.69 bits per heavy atom. The number of nitrogens with zero attached hydrogens (tertiary/aromatic N) is 2. The van der Waals surface area contributed by atoms with Gasteiger partial charge in [-0.05, 0) is 24.6 Å². The van der Waals surface area contributed by atoms with Gasteiger partial charge in [-0.15, -0.1) is 0 Å². The fourth-order valence-electron chi connectivity index (χ4n) is 1.24. The maximum atomic E-state index is 13.4. The highest BCUT2D eigenvalue weighted by atomic mass is 19.2. The van der Waals surface area contributed by atoms with Gasteiger partial charge in [0.15, 0.2) is 17.4 Å². The van der Waals surface area contributed by atoms with Gasteiger partial charge in [-0.3, -0.25) is 0 Å². The fraction of sp³-hybridized carbons (Fsp3) is 0.0909. The average molecular weight is 222 g/mol. The molecule has 0 amide bonds. The molecule has 0 saturated heterocycles.